The Morgan fingerprint density at radius 2 is 1.38 bits per heavy atom. The van der Waals surface area contributed by atoms with Crippen molar-refractivity contribution in [2.75, 3.05) is 6.61 Å². The van der Waals surface area contributed by atoms with E-state index in [0.717, 1.165) is 0 Å². The van der Waals surface area contributed by atoms with Gasteiger partial charge in [0.05, 0.1) is 23.3 Å². The summed E-state index contributed by atoms with van der Waals surface area (Å²) in [6, 6.07) is 0. The molecule has 0 aliphatic heterocycles. The highest BCUT2D eigenvalue weighted by Crippen LogP contribution is 2.55. The third kappa shape index (κ3) is 10.7. The van der Waals surface area contributed by atoms with Gasteiger partial charge in [-0.2, -0.15) is 0 Å². The molecule has 0 rings (SSSR count). The predicted octanol–water partition coefficient (Wildman–Crippen LogP) is 3.79. The molecule has 7 nitrogen and oxygen atoms in total. The molecule has 0 unspecified atom stereocenters. The fourth-order valence-electron chi connectivity index (χ4n) is 1.31. The first-order chi connectivity index (χ1) is 9.04. The van der Waals surface area contributed by atoms with Gasteiger partial charge >= 0.3 is 13.9 Å². The number of nitrogens with one attached hydrogen (secondary N) is 1. The quantitative estimate of drug-likeness (QED) is 0.722. The van der Waals surface area contributed by atoms with Gasteiger partial charge in [-0.05, 0) is 55.4 Å². The van der Waals surface area contributed by atoms with Crippen LogP contribution in [0.25, 0.3) is 0 Å². The molecule has 21 heavy (non-hydrogen) atoms. The van der Waals surface area contributed by atoms with Crippen LogP contribution >= 0.6 is 7.82 Å². The maximum absolute atomic E-state index is 12.7. The Hall–Kier alpha value is -0.620. The van der Waals surface area contributed by atoms with Crippen LogP contribution in [-0.2, 0) is 18.1 Å². The molecule has 0 saturated carbocycles. The molecule has 0 saturated heterocycles. The molecule has 0 aromatic rings. The van der Waals surface area contributed by atoms with Crippen molar-refractivity contribution in [3.63, 3.8) is 0 Å². The number of phosphoric ester groups is 1. The van der Waals surface area contributed by atoms with E-state index in [4.69, 9.17) is 18.7 Å². The summed E-state index contributed by atoms with van der Waals surface area (Å²) in [6.07, 6.45) is -1.19. The van der Waals surface area contributed by atoms with Crippen LogP contribution in [0.1, 0.15) is 55.4 Å². The van der Waals surface area contributed by atoms with Gasteiger partial charge in [-0.15, -0.1) is 0 Å². The van der Waals surface area contributed by atoms with Crippen LogP contribution in [0.4, 0.5) is 4.79 Å². The van der Waals surface area contributed by atoms with E-state index in [1.807, 2.05) is 0 Å². The van der Waals surface area contributed by atoms with Gasteiger partial charge in [0, 0.05) is 0 Å². The summed E-state index contributed by atoms with van der Waals surface area (Å²) in [5.41, 5.74) is -2.39. The van der Waals surface area contributed by atoms with Crippen molar-refractivity contribution in [2.45, 2.75) is 72.1 Å². The Morgan fingerprint density at radius 1 is 1.00 bits per heavy atom. The molecule has 1 amide bonds. The van der Waals surface area contributed by atoms with Gasteiger partial charge in [-0.3, -0.25) is 13.6 Å². The second kappa shape index (κ2) is 6.65. The molecule has 2 N–H and O–H groups in total. The molecule has 0 aliphatic rings. The van der Waals surface area contributed by atoms with Crippen molar-refractivity contribution >= 4 is 13.9 Å². The summed E-state index contributed by atoms with van der Waals surface area (Å²) in [5.74, 6) is 0. The van der Waals surface area contributed by atoms with Crippen LogP contribution in [0.3, 0.4) is 0 Å². The van der Waals surface area contributed by atoms with E-state index in [1.54, 1.807) is 55.4 Å². The van der Waals surface area contributed by atoms with Gasteiger partial charge in [0.2, 0.25) is 0 Å². The molecule has 0 radical (unpaired) electrons. The number of phosphoric acid groups is 1. The van der Waals surface area contributed by atoms with Gasteiger partial charge in [0.1, 0.15) is 0 Å². The second-order valence-electron chi connectivity index (χ2n) is 7.44. The van der Waals surface area contributed by atoms with Gasteiger partial charge in [0.25, 0.3) is 0 Å². The molecule has 0 aliphatic carbocycles. The number of carbonyl (C=O) groups is 1. The molecule has 0 aromatic carbocycles. The van der Waals surface area contributed by atoms with Crippen LogP contribution in [0.15, 0.2) is 0 Å². The third-order valence-electron chi connectivity index (χ3n) is 1.80. The Morgan fingerprint density at radius 3 is 1.67 bits per heavy atom. The maximum atomic E-state index is 12.7. The monoisotopic (exact) mass is 325 g/mol. The third-order valence-corrected chi connectivity index (χ3v) is 3.79. The smallest absolute Gasteiger partial charge is 0.465 e. The molecule has 0 heterocycles. The molecule has 0 atom stereocenters. The van der Waals surface area contributed by atoms with Gasteiger partial charge in [-0.25, -0.2) is 9.36 Å². The fraction of sp³-hybridized carbons (Fsp3) is 0.923. The second-order valence-corrected chi connectivity index (χ2v) is 8.96. The molecule has 8 heteroatoms. The lowest BCUT2D eigenvalue weighted by Crippen LogP contribution is -2.46. The molecule has 126 valence electrons. The van der Waals surface area contributed by atoms with Crippen molar-refractivity contribution in [2.24, 2.45) is 0 Å². The van der Waals surface area contributed by atoms with E-state index in [2.05, 4.69) is 5.32 Å². The minimum absolute atomic E-state index is 0.150. The van der Waals surface area contributed by atoms with Crippen LogP contribution in [0.5, 0.6) is 0 Å². The summed E-state index contributed by atoms with van der Waals surface area (Å²) in [5, 5.41) is 11.0. The first-order valence-corrected chi connectivity index (χ1v) is 8.17. The van der Waals surface area contributed by atoms with E-state index >= 15 is 0 Å². The van der Waals surface area contributed by atoms with Crippen LogP contribution in [0, 0.1) is 0 Å². The largest absolute Gasteiger partial charge is 0.475 e. The van der Waals surface area contributed by atoms with Gasteiger partial charge < -0.3 is 10.4 Å². The number of amides is 1. The van der Waals surface area contributed by atoms with Gasteiger partial charge in [-0.1, -0.05) is 0 Å². The number of carboxylic acid groups (broad SMARTS) is 1. The molecule has 0 bridgehead atoms. The fourth-order valence-corrected chi connectivity index (χ4v) is 3.27. The topological polar surface area (TPSA) is 94.1 Å². The Bertz CT molecular complexity index is 388. The molecule has 0 spiro atoms. The van der Waals surface area contributed by atoms with Crippen molar-refractivity contribution < 1.29 is 28.0 Å². The van der Waals surface area contributed by atoms with E-state index < -0.39 is 30.7 Å². The SMILES string of the molecule is CC(C)(COP(=O)(OC(C)(C)C)OC(C)(C)C)NC(=O)O. The molecular formula is C13H28NO6P. The van der Waals surface area contributed by atoms with Crippen molar-refractivity contribution in [3.8, 4) is 0 Å². The van der Waals surface area contributed by atoms with Crippen LogP contribution < -0.4 is 5.32 Å². The highest BCUT2D eigenvalue weighted by Gasteiger charge is 2.38. The van der Waals surface area contributed by atoms with Gasteiger partial charge in [0.15, 0.2) is 0 Å². The van der Waals surface area contributed by atoms with E-state index in [1.165, 1.54) is 0 Å². The van der Waals surface area contributed by atoms with E-state index in [9.17, 15) is 9.36 Å². The number of hydrogen-bond acceptors (Lipinski definition) is 5. The molecular weight excluding hydrogens is 297 g/mol. The Labute approximate surface area is 127 Å². The lowest BCUT2D eigenvalue weighted by Gasteiger charge is -2.33. The first kappa shape index (κ1) is 20.4. The molecule has 0 fully saturated rings. The van der Waals surface area contributed by atoms with Crippen LogP contribution in [0.2, 0.25) is 0 Å². The minimum atomic E-state index is -3.84. The zero-order valence-corrected chi connectivity index (χ0v) is 15.0. The highest BCUT2D eigenvalue weighted by atomic mass is 31.2. The average molecular weight is 325 g/mol. The predicted molar refractivity (Wildman–Crippen MR) is 80.5 cm³/mol. The van der Waals surface area contributed by atoms with Crippen molar-refractivity contribution in [1.82, 2.24) is 5.32 Å². The number of rotatable bonds is 6. The maximum Gasteiger partial charge on any atom is 0.475 e. The summed E-state index contributed by atoms with van der Waals surface area (Å²) in [6.45, 7) is 13.5. The highest BCUT2D eigenvalue weighted by molar-refractivity contribution is 7.48. The summed E-state index contributed by atoms with van der Waals surface area (Å²) in [7, 11) is -3.84. The summed E-state index contributed by atoms with van der Waals surface area (Å²) >= 11 is 0. The average Bonchev–Trinajstić information content (AvgIpc) is 2.06. The lowest BCUT2D eigenvalue weighted by molar-refractivity contribution is -0.00325. The Kier molecular flexibility index (Phi) is 6.45. The Balaban J connectivity index is 5.00. The molecule has 0 aromatic heterocycles. The summed E-state index contributed by atoms with van der Waals surface area (Å²) < 4.78 is 28.9. The number of hydrogen-bond donors (Lipinski definition) is 2. The standard InChI is InChI=1S/C13H28NO6P/c1-11(2,3)19-21(17,20-12(4,5)6)18-9-13(7,8)14-10(15)16/h14H,9H2,1-8H3,(H,15,16). The van der Waals surface area contributed by atoms with Crippen LogP contribution in [-0.4, -0.2) is 34.5 Å². The van der Waals surface area contributed by atoms with E-state index in [-0.39, 0.29) is 6.61 Å². The minimum Gasteiger partial charge on any atom is -0.465 e. The van der Waals surface area contributed by atoms with Crippen molar-refractivity contribution in [3.05, 3.63) is 0 Å². The zero-order valence-electron chi connectivity index (χ0n) is 14.1. The zero-order chi connectivity index (χ0) is 17.1. The lowest BCUT2D eigenvalue weighted by atomic mass is 10.1. The normalized spacial score (nSPS) is 14.1. The van der Waals surface area contributed by atoms with E-state index in [0.29, 0.717) is 0 Å². The summed E-state index contributed by atoms with van der Waals surface area (Å²) in [4.78, 5) is 10.7. The van der Waals surface area contributed by atoms with Crippen molar-refractivity contribution in [1.29, 1.82) is 0 Å². The first-order valence-electron chi connectivity index (χ1n) is 6.71.